The molecule has 1 saturated heterocycles. The van der Waals surface area contributed by atoms with E-state index in [2.05, 4.69) is 22.6 Å². The summed E-state index contributed by atoms with van der Waals surface area (Å²) < 4.78 is 29.8. The van der Waals surface area contributed by atoms with Gasteiger partial charge in [0, 0.05) is 6.42 Å². The molecule has 1 aliphatic rings. The second-order valence-electron chi connectivity index (χ2n) is 7.15. The van der Waals surface area contributed by atoms with Gasteiger partial charge in [0.15, 0.2) is 5.79 Å². The lowest BCUT2D eigenvalue weighted by atomic mass is 10.1. The SMILES string of the molecule is COc1ccc(COCC[C@@H](C)OC(=O)C[C@@H]2OC(C)(C)O[C@H]2/C=C/I)cc1. The number of carbonyl (C=O) groups is 1. The molecule has 6 nitrogen and oxygen atoms in total. The highest BCUT2D eigenvalue weighted by Gasteiger charge is 2.41. The Bertz CT molecular complexity index is 643. The molecule has 1 aromatic carbocycles. The summed E-state index contributed by atoms with van der Waals surface area (Å²) in [5, 5.41) is 0. The van der Waals surface area contributed by atoms with E-state index in [1.807, 2.05) is 55.2 Å². The van der Waals surface area contributed by atoms with Gasteiger partial charge < -0.3 is 23.7 Å². The van der Waals surface area contributed by atoms with Gasteiger partial charge in [-0.1, -0.05) is 34.7 Å². The third kappa shape index (κ3) is 7.69. The van der Waals surface area contributed by atoms with Crippen molar-refractivity contribution >= 4 is 28.6 Å². The highest BCUT2D eigenvalue weighted by molar-refractivity contribution is 14.1. The van der Waals surface area contributed by atoms with Crippen LogP contribution in [-0.4, -0.2) is 43.8 Å². The topological polar surface area (TPSA) is 63.2 Å². The van der Waals surface area contributed by atoms with Crippen molar-refractivity contribution in [2.24, 2.45) is 0 Å². The molecule has 0 amide bonds. The number of esters is 1. The molecule has 0 spiro atoms. The van der Waals surface area contributed by atoms with Crippen molar-refractivity contribution in [1.29, 1.82) is 0 Å². The van der Waals surface area contributed by atoms with E-state index < -0.39 is 5.79 Å². The van der Waals surface area contributed by atoms with Gasteiger partial charge in [0.25, 0.3) is 0 Å². The molecule has 0 radical (unpaired) electrons. The van der Waals surface area contributed by atoms with Crippen LogP contribution in [0.15, 0.2) is 34.4 Å². The fourth-order valence-electron chi connectivity index (χ4n) is 2.91. The molecule has 28 heavy (non-hydrogen) atoms. The van der Waals surface area contributed by atoms with E-state index in [-0.39, 0.29) is 30.7 Å². The summed E-state index contributed by atoms with van der Waals surface area (Å²) in [5.41, 5.74) is 1.07. The number of hydrogen-bond donors (Lipinski definition) is 0. The van der Waals surface area contributed by atoms with Crippen molar-refractivity contribution in [1.82, 2.24) is 0 Å². The first kappa shape index (κ1) is 23.1. The molecular formula is C21H29IO6. The zero-order valence-electron chi connectivity index (χ0n) is 16.9. The molecule has 0 N–H and O–H groups in total. The Morgan fingerprint density at radius 2 is 2.00 bits per heavy atom. The predicted octanol–water partition coefficient (Wildman–Crippen LogP) is 4.39. The first-order valence-corrected chi connectivity index (χ1v) is 10.6. The molecule has 1 heterocycles. The van der Waals surface area contributed by atoms with Gasteiger partial charge in [0.1, 0.15) is 24.1 Å². The molecule has 2 rings (SSSR count). The number of hydrogen-bond acceptors (Lipinski definition) is 6. The summed E-state index contributed by atoms with van der Waals surface area (Å²) in [6, 6.07) is 7.74. The second kappa shape index (κ2) is 11.1. The first-order chi connectivity index (χ1) is 13.3. The van der Waals surface area contributed by atoms with Crippen LogP contribution in [0.25, 0.3) is 0 Å². The summed E-state index contributed by atoms with van der Waals surface area (Å²) >= 11 is 2.13. The number of benzene rings is 1. The molecule has 0 aromatic heterocycles. The third-order valence-electron chi connectivity index (χ3n) is 4.28. The molecule has 0 saturated carbocycles. The van der Waals surface area contributed by atoms with E-state index in [4.69, 9.17) is 23.7 Å². The standard InChI is InChI=1S/C21H29IO6/c1-15(10-12-25-14-16-5-7-17(24-4)8-6-16)26-20(23)13-19-18(9-11-22)27-21(2,3)28-19/h5-9,11,15,18-19H,10,12-14H2,1-4H3/b11-9+/t15-,18+,19+/m1/s1. The van der Waals surface area contributed by atoms with Crippen LogP contribution in [0, 0.1) is 0 Å². The van der Waals surface area contributed by atoms with Crippen molar-refractivity contribution in [3.63, 3.8) is 0 Å². The fraction of sp³-hybridized carbons (Fsp3) is 0.571. The lowest BCUT2D eigenvalue weighted by Gasteiger charge is -2.18. The van der Waals surface area contributed by atoms with E-state index in [1.165, 1.54) is 0 Å². The highest BCUT2D eigenvalue weighted by atomic mass is 127. The minimum absolute atomic E-state index is 0.159. The minimum atomic E-state index is -0.702. The van der Waals surface area contributed by atoms with E-state index in [1.54, 1.807) is 7.11 Å². The van der Waals surface area contributed by atoms with Crippen molar-refractivity contribution in [3.05, 3.63) is 40.0 Å². The maximum Gasteiger partial charge on any atom is 0.308 e. The lowest BCUT2D eigenvalue weighted by Crippen LogP contribution is -2.27. The Morgan fingerprint density at radius 1 is 1.29 bits per heavy atom. The van der Waals surface area contributed by atoms with E-state index in [0.29, 0.717) is 19.6 Å². The summed E-state index contributed by atoms with van der Waals surface area (Å²) in [4.78, 5) is 12.2. The average molecular weight is 504 g/mol. The zero-order valence-corrected chi connectivity index (χ0v) is 19.0. The summed E-state index contributed by atoms with van der Waals surface area (Å²) in [6.45, 7) is 6.57. The van der Waals surface area contributed by atoms with Gasteiger partial charge in [0.05, 0.1) is 26.7 Å². The van der Waals surface area contributed by atoms with Gasteiger partial charge in [-0.2, -0.15) is 0 Å². The quantitative estimate of drug-likeness (QED) is 0.268. The van der Waals surface area contributed by atoms with Gasteiger partial charge in [-0.05, 0) is 48.6 Å². The normalized spacial score (nSPS) is 22.3. The average Bonchev–Trinajstić information content (AvgIpc) is 2.92. The van der Waals surface area contributed by atoms with Crippen molar-refractivity contribution in [3.8, 4) is 5.75 Å². The van der Waals surface area contributed by atoms with Gasteiger partial charge in [0.2, 0.25) is 0 Å². The summed E-state index contributed by atoms with van der Waals surface area (Å²) in [5.74, 6) is -0.173. The second-order valence-corrected chi connectivity index (χ2v) is 7.87. The summed E-state index contributed by atoms with van der Waals surface area (Å²) in [7, 11) is 1.64. The monoisotopic (exact) mass is 504 g/mol. The van der Waals surface area contributed by atoms with E-state index >= 15 is 0 Å². The fourth-order valence-corrected chi connectivity index (χ4v) is 3.32. The van der Waals surface area contributed by atoms with Crippen LogP contribution >= 0.6 is 22.6 Å². The molecule has 7 heteroatoms. The largest absolute Gasteiger partial charge is 0.497 e. The van der Waals surface area contributed by atoms with Crippen LogP contribution in [0.4, 0.5) is 0 Å². The maximum absolute atomic E-state index is 12.2. The van der Waals surface area contributed by atoms with Gasteiger partial charge in [-0.3, -0.25) is 4.79 Å². The van der Waals surface area contributed by atoms with Crippen LogP contribution in [0.5, 0.6) is 5.75 Å². The van der Waals surface area contributed by atoms with Crippen molar-refractivity contribution in [2.45, 2.75) is 64.3 Å². The van der Waals surface area contributed by atoms with E-state index in [0.717, 1.165) is 11.3 Å². The Kier molecular flexibility index (Phi) is 9.20. The molecule has 156 valence electrons. The summed E-state index contributed by atoms with van der Waals surface area (Å²) in [6.07, 6.45) is 1.87. The molecule has 0 unspecified atom stereocenters. The van der Waals surface area contributed by atoms with Crippen LogP contribution in [0.1, 0.15) is 39.2 Å². The minimum Gasteiger partial charge on any atom is -0.497 e. The van der Waals surface area contributed by atoms with Crippen molar-refractivity contribution < 1.29 is 28.5 Å². The smallest absolute Gasteiger partial charge is 0.308 e. The van der Waals surface area contributed by atoms with Gasteiger partial charge in [-0.25, -0.2) is 0 Å². The lowest BCUT2D eigenvalue weighted by molar-refractivity contribution is -0.158. The molecule has 1 aliphatic heterocycles. The number of rotatable bonds is 10. The number of methoxy groups -OCH3 is 1. The van der Waals surface area contributed by atoms with Crippen LogP contribution in [-0.2, 0) is 30.3 Å². The molecule has 0 bridgehead atoms. The first-order valence-electron chi connectivity index (χ1n) is 9.35. The molecule has 3 atom stereocenters. The molecule has 1 aromatic rings. The number of ether oxygens (including phenoxy) is 5. The highest BCUT2D eigenvalue weighted by Crippen LogP contribution is 2.31. The number of carbonyl (C=O) groups excluding carboxylic acids is 1. The predicted molar refractivity (Wildman–Crippen MR) is 114 cm³/mol. The Labute approximate surface area is 180 Å². The van der Waals surface area contributed by atoms with Gasteiger partial charge in [-0.15, -0.1) is 0 Å². The Hall–Kier alpha value is -1.16. The van der Waals surface area contributed by atoms with Crippen LogP contribution in [0.3, 0.4) is 0 Å². The molecule has 0 aliphatic carbocycles. The van der Waals surface area contributed by atoms with Gasteiger partial charge >= 0.3 is 5.97 Å². The number of halogens is 1. The van der Waals surface area contributed by atoms with Crippen molar-refractivity contribution in [2.75, 3.05) is 13.7 Å². The van der Waals surface area contributed by atoms with E-state index in [9.17, 15) is 4.79 Å². The van der Waals surface area contributed by atoms with Crippen LogP contribution < -0.4 is 4.74 Å². The Morgan fingerprint density at radius 3 is 2.64 bits per heavy atom. The maximum atomic E-state index is 12.2. The third-order valence-corrected chi connectivity index (χ3v) is 4.70. The molecular weight excluding hydrogens is 475 g/mol. The Balaban J connectivity index is 1.67. The molecule has 1 fully saturated rings. The zero-order chi connectivity index (χ0) is 20.6. The van der Waals surface area contributed by atoms with Crippen LogP contribution in [0.2, 0.25) is 0 Å².